The minimum absolute atomic E-state index is 0.260. The summed E-state index contributed by atoms with van der Waals surface area (Å²) in [7, 11) is 0. The second kappa shape index (κ2) is 6.55. The van der Waals surface area contributed by atoms with Gasteiger partial charge in [0.25, 0.3) is 0 Å². The Balaban J connectivity index is 2.01. The van der Waals surface area contributed by atoms with Crippen molar-refractivity contribution in [1.29, 1.82) is 0 Å². The maximum absolute atomic E-state index is 10.6. The van der Waals surface area contributed by atoms with E-state index >= 15 is 0 Å². The van der Waals surface area contributed by atoms with E-state index in [-0.39, 0.29) is 5.97 Å². The maximum Gasteiger partial charge on any atom is 0.302 e. The summed E-state index contributed by atoms with van der Waals surface area (Å²) in [5.74, 6) is -0.260. The summed E-state index contributed by atoms with van der Waals surface area (Å²) in [6, 6.07) is 18.5. The quantitative estimate of drug-likeness (QED) is 0.771. The third-order valence-electron chi connectivity index (χ3n) is 2.71. The van der Waals surface area contributed by atoms with Gasteiger partial charge in [0.1, 0.15) is 6.61 Å². The van der Waals surface area contributed by atoms with Crippen LogP contribution in [0.25, 0.3) is 17.2 Å². The number of esters is 1. The topological polar surface area (TPSA) is 26.3 Å². The molecule has 0 N–H and O–H groups in total. The zero-order valence-electron chi connectivity index (χ0n) is 10.9. The zero-order chi connectivity index (χ0) is 13.5. The van der Waals surface area contributed by atoms with Crippen LogP contribution in [0, 0.1) is 0 Å². The van der Waals surface area contributed by atoms with Gasteiger partial charge in [0.2, 0.25) is 0 Å². The Hall–Kier alpha value is -2.35. The van der Waals surface area contributed by atoms with Gasteiger partial charge in [-0.05, 0) is 22.8 Å². The lowest BCUT2D eigenvalue weighted by atomic mass is 10.0. The zero-order valence-corrected chi connectivity index (χ0v) is 10.9. The van der Waals surface area contributed by atoms with E-state index in [1.54, 1.807) is 0 Å². The van der Waals surface area contributed by atoms with Crippen molar-refractivity contribution in [2.45, 2.75) is 6.92 Å². The molecule has 2 nitrogen and oxygen atoms in total. The minimum atomic E-state index is -0.260. The first kappa shape index (κ1) is 13.1. The van der Waals surface area contributed by atoms with E-state index in [0.29, 0.717) is 6.61 Å². The number of rotatable bonds is 4. The largest absolute Gasteiger partial charge is 0.462 e. The summed E-state index contributed by atoms with van der Waals surface area (Å²) in [5, 5.41) is 0. The van der Waals surface area contributed by atoms with Gasteiger partial charge in [0.05, 0.1) is 0 Å². The van der Waals surface area contributed by atoms with E-state index in [4.69, 9.17) is 4.74 Å². The lowest BCUT2D eigenvalue weighted by Crippen LogP contribution is -1.97. The Kier molecular flexibility index (Phi) is 4.51. The Labute approximate surface area is 113 Å². The molecule has 2 aromatic carbocycles. The summed E-state index contributed by atoms with van der Waals surface area (Å²) in [5.41, 5.74) is 3.49. The Bertz CT molecular complexity index is 554. The van der Waals surface area contributed by atoms with E-state index in [2.05, 4.69) is 24.3 Å². The van der Waals surface area contributed by atoms with Crippen LogP contribution in [-0.4, -0.2) is 12.6 Å². The van der Waals surface area contributed by atoms with Crippen LogP contribution < -0.4 is 0 Å². The van der Waals surface area contributed by atoms with Gasteiger partial charge in [0, 0.05) is 6.92 Å². The highest BCUT2D eigenvalue weighted by atomic mass is 16.5. The highest BCUT2D eigenvalue weighted by Crippen LogP contribution is 2.19. The minimum Gasteiger partial charge on any atom is -0.462 e. The Morgan fingerprint density at radius 1 is 1.00 bits per heavy atom. The summed E-state index contributed by atoms with van der Waals surface area (Å²) in [6.07, 6.45) is 3.77. The third-order valence-corrected chi connectivity index (χ3v) is 2.71. The predicted octanol–water partition coefficient (Wildman–Crippen LogP) is 3.93. The Morgan fingerprint density at radius 3 is 2.26 bits per heavy atom. The lowest BCUT2D eigenvalue weighted by Gasteiger charge is -2.02. The molecule has 0 aliphatic heterocycles. The molecule has 2 rings (SSSR count). The van der Waals surface area contributed by atoms with Crippen molar-refractivity contribution < 1.29 is 9.53 Å². The van der Waals surface area contributed by atoms with Crippen LogP contribution in [-0.2, 0) is 9.53 Å². The fraction of sp³-hybridized carbons (Fsp3) is 0.118. The summed E-state index contributed by atoms with van der Waals surface area (Å²) in [6.45, 7) is 1.72. The molecule has 2 heteroatoms. The molecule has 96 valence electrons. The number of benzene rings is 2. The van der Waals surface area contributed by atoms with E-state index in [1.807, 2.05) is 42.5 Å². The van der Waals surface area contributed by atoms with Gasteiger partial charge >= 0.3 is 5.97 Å². The predicted molar refractivity (Wildman–Crippen MR) is 77.5 cm³/mol. The molecule has 0 unspecified atom stereocenters. The van der Waals surface area contributed by atoms with Crippen LogP contribution in [0.1, 0.15) is 12.5 Å². The van der Waals surface area contributed by atoms with Crippen molar-refractivity contribution in [1.82, 2.24) is 0 Å². The maximum atomic E-state index is 10.6. The molecule has 0 spiro atoms. The van der Waals surface area contributed by atoms with Crippen LogP contribution in [0.3, 0.4) is 0 Å². The van der Waals surface area contributed by atoms with Gasteiger partial charge in [-0.15, -0.1) is 0 Å². The monoisotopic (exact) mass is 252 g/mol. The van der Waals surface area contributed by atoms with Gasteiger partial charge in [0.15, 0.2) is 0 Å². The average molecular weight is 252 g/mol. The molecule has 0 aliphatic carbocycles. The SMILES string of the molecule is CC(=O)OC/C=C/c1ccc(-c2ccccc2)cc1. The molecular formula is C17H16O2. The molecule has 0 saturated heterocycles. The molecular weight excluding hydrogens is 236 g/mol. The Morgan fingerprint density at radius 2 is 1.63 bits per heavy atom. The van der Waals surface area contributed by atoms with Gasteiger partial charge in [-0.1, -0.05) is 60.7 Å². The van der Waals surface area contributed by atoms with Crippen molar-refractivity contribution in [3.05, 3.63) is 66.2 Å². The van der Waals surface area contributed by atoms with Crippen LogP contribution in [0.15, 0.2) is 60.7 Å². The summed E-state index contributed by atoms with van der Waals surface area (Å²) in [4.78, 5) is 10.6. The first-order valence-corrected chi connectivity index (χ1v) is 6.21. The molecule has 0 aliphatic rings. The molecule has 19 heavy (non-hydrogen) atoms. The molecule has 0 radical (unpaired) electrons. The van der Waals surface area contributed by atoms with E-state index in [0.717, 1.165) is 5.56 Å². The third kappa shape index (κ3) is 4.11. The number of carbonyl (C=O) groups excluding carboxylic acids is 1. The highest BCUT2D eigenvalue weighted by Gasteiger charge is 1.95. The molecule has 0 amide bonds. The normalized spacial score (nSPS) is 10.6. The molecule has 0 bridgehead atoms. The number of ether oxygens (including phenoxy) is 1. The smallest absolute Gasteiger partial charge is 0.302 e. The lowest BCUT2D eigenvalue weighted by molar-refractivity contribution is -0.139. The van der Waals surface area contributed by atoms with Crippen LogP contribution in [0.4, 0.5) is 0 Å². The van der Waals surface area contributed by atoms with E-state index in [1.165, 1.54) is 18.1 Å². The molecule has 0 atom stereocenters. The standard InChI is InChI=1S/C17H16O2/c1-14(18)19-13-5-6-15-9-11-17(12-10-15)16-7-3-2-4-8-16/h2-12H,13H2,1H3/b6-5+. The van der Waals surface area contributed by atoms with Crippen molar-refractivity contribution in [2.24, 2.45) is 0 Å². The molecule has 0 fully saturated rings. The number of carbonyl (C=O) groups is 1. The first-order valence-electron chi connectivity index (χ1n) is 6.21. The van der Waals surface area contributed by atoms with Gasteiger partial charge < -0.3 is 4.74 Å². The van der Waals surface area contributed by atoms with Crippen LogP contribution >= 0.6 is 0 Å². The fourth-order valence-electron chi connectivity index (χ4n) is 1.77. The van der Waals surface area contributed by atoms with Crippen molar-refractivity contribution in [2.75, 3.05) is 6.61 Å². The van der Waals surface area contributed by atoms with Crippen LogP contribution in [0.2, 0.25) is 0 Å². The first-order chi connectivity index (χ1) is 9.25. The van der Waals surface area contributed by atoms with E-state index in [9.17, 15) is 4.79 Å². The second-order valence-corrected chi connectivity index (χ2v) is 4.19. The van der Waals surface area contributed by atoms with Gasteiger partial charge in [-0.25, -0.2) is 0 Å². The fourth-order valence-corrected chi connectivity index (χ4v) is 1.77. The molecule has 0 aromatic heterocycles. The number of hydrogen-bond acceptors (Lipinski definition) is 2. The molecule has 0 saturated carbocycles. The second-order valence-electron chi connectivity index (χ2n) is 4.19. The van der Waals surface area contributed by atoms with Gasteiger partial charge in [-0.2, -0.15) is 0 Å². The van der Waals surface area contributed by atoms with Gasteiger partial charge in [-0.3, -0.25) is 4.79 Å². The summed E-state index contributed by atoms with van der Waals surface area (Å²) < 4.78 is 4.83. The van der Waals surface area contributed by atoms with Crippen LogP contribution in [0.5, 0.6) is 0 Å². The highest BCUT2D eigenvalue weighted by molar-refractivity contribution is 5.67. The molecule has 0 heterocycles. The average Bonchev–Trinajstić information content (AvgIpc) is 2.45. The summed E-state index contributed by atoms with van der Waals surface area (Å²) >= 11 is 0. The van der Waals surface area contributed by atoms with Crippen molar-refractivity contribution in [3.8, 4) is 11.1 Å². The number of hydrogen-bond donors (Lipinski definition) is 0. The van der Waals surface area contributed by atoms with E-state index < -0.39 is 0 Å². The van der Waals surface area contributed by atoms with Crippen molar-refractivity contribution >= 4 is 12.0 Å². The van der Waals surface area contributed by atoms with Crippen molar-refractivity contribution in [3.63, 3.8) is 0 Å². The molecule has 2 aromatic rings.